The van der Waals surface area contributed by atoms with Gasteiger partial charge in [0.25, 0.3) is 0 Å². The van der Waals surface area contributed by atoms with Crippen LogP contribution in [0.15, 0.2) is 24.8 Å². The smallest absolute Gasteiger partial charge is 0.213 e. The third-order valence-corrected chi connectivity index (χ3v) is 1.78. The monoisotopic (exact) mass is 183 g/mol. The van der Waals surface area contributed by atoms with E-state index in [0.717, 1.165) is 19.3 Å². The molecule has 0 saturated carbocycles. The van der Waals surface area contributed by atoms with E-state index < -0.39 is 6.04 Å². The molecule has 0 bridgehead atoms. The van der Waals surface area contributed by atoms with Crippen LogP contribution in [0.5, 0.6) is 0 Å². The fourth-order valence-corrected chi connectivity index (χ4v) is 0.877. The zero-order chi connectivity index (χ0) is 10.1. The second-order valence-electron chi connectivity index (χ2n) is 3.06. The summed E-state index contributed by atoms with van der Waals surface area (Å²) in [4.78, 5) is 9.97. The first-order valence-electron chi connectivity index (χ1n) is 4.58. The van der Waals surface area contributed by atoms with Gasteiger partial charge in [-0.15, -0.1) is 6.58 Å². The molecular weight excluding hydrogens is 166 g/mol. The summed E-state index contributed by atoms with van der Waals surface area (Å²) in [6.45, 7) is 5.24. The molecule has 3 nitrogen and oxygen atoms in total. The van der Waals surface area contributed by atoms with Crippen molar-refractivity contribution in [2.24, 2.45) is 0 Å². The molecule has 0 aliphatic heterocycles. The lowest BCUT2D eigenvalue weighted by Crippen LogP contribution is -2.13. The highest BCUT2D eigenvalue weighted by Crippen LogP contribution is 2.01. The first-order chi connectivity index (χ1) is 6.18. The molecule has 0 rings (SSSR count). The van der Waals surface area contributed by atoms with Gasteiger partial charge in [-0.2, -0.15) is 0 Å². The summed E-state index contributed by atoms with van der Waals surface area (Å²) in [7, 11) is 0. The molecule has 1 unspecified atom stereocenters. The standard InChI is InChI=1S/C10H17NO2/c1-3-4-5-6-7-8-9-10(2)11(12)13/h3,7-8,10H,1,4-6,9H2,2H3. The van der Waals surface area contributed by atoms with E-state index in [4.69, 9.17) is 0 Å². The predicted octanol–water partition coefficient (Wildman–Crippen LogP) is 2.95. The largest absolute Gasteiger partial charge is 0.264 e. The SMILES string of the molecule is C=CCCCC=CCC(C)[N+](=O)[O-]. The molecule has 0 N–H and O–H groups in total. The van der Waals surface area contributed by atoms with Crippen molar-refractivity contribution >= 4 is 0 Å². The van der Waals surface area contributed by atoms with Crippen LogP contribution in [-0.2, 0) is 0 Å². The summed E-state index contributed by atoms with van der Waals surface area (Å²) in [5.41, 5.74) is 0. The molecule has 3 heteroatoms. The van der Waals surface area contributed by atoms with E-state index in [2.05, 4.69) is 6.58 Å². The van der Waals surface area contributed by atoms with E-state index in [1.54, 1.807) is 6.92 Å². The van der Waals surface area contributed by atoms with Gasteiger partial charge in [-0.3, -0.25) is 10.1 Å². The van der Waals surface area contributed by atoms with Gasteiger partial charge in [-0.1, -0.05) is 18.2 Å². The summed E-state index contributed by atoms with van der Waals surface area (Å²) < 4.78 is 0. The quantitative estimate of drug-likeness (QED) is 0.263. The van der Waals surface area contributed by atoms with Crippen LogP contribution in [0.25, 0.3) is 0 Å². The van der Waals surface area contributed by atoms with Gasteiger partial charge in [0.15, 0.2) is 0 Å². The van der Waals surface area contributed by atoms with E-state index in [9.17, 15) is 10.1 Å². The van der Waals surface area contributed by atoms with Crippen LogP contribution in [0.4, 0.5) is 0 Å². The Kier molecular flexibility index (Phi) is 6.88. The lowest BCUT2D eigenvalue weighted by molar-refractivity contribution is -0.517. The molecule has 0 aliphatic rings. The van der Waals surface area contributed by atoms with E-state index in [1.165, 1.54) is 0 Å². The van der Waals surface area contributed by atoms with Crippen LogP contribution in [-0.4, -0.2) is 11.0 Å². The first kappa shape index (κ1) is 11.9. The Labute approximate surface area is 79.3 Å². The van der Waals surface area contributed by atoms with Gasteiger partial charge in [0.2, 0.25) is 6.04 Å². The van der Waals surface area contributed by atoms with Gasteiger partial charge in [0, 0.05) is 18.3 Å². The maximum atomic E-state index is 10.2. The van der Waals surface area contributed by atoms with Crippen LogP contribution in [0.3, 0.4) is 0 Å². The number of allylic oxidation sites excluding steroid dienone is 2. The van der Waals surface area contributed by atoms with Crippen molar-refractivity contribution in [3.63, 3.8) is 0 Å². The molecule has 0 heterocycles. The maximum Gasteiger partial charge on any atom is 0.213 e. The Balaban J connectivity index is 3.40. The van der Waals surface area contributed by atoms with E-state index in [0.29, 0.717) is 6.42 Å². The second-order valence-corrected chi connectivity index (χ2v) is 3.06. The van der Waals surface area contributed by atoms with Crippen molar-refractivity contribution < 1.29 is 4.92 Å². The zero-order valence-corrected chi connectivity index (χ0v) is 8.11. The third-order valence-electron chi connectivity index (χ3n) is 1.78. The molecule has 1 atom stereocenters. The molecule has 74 valence electrons. The van der Waals surface area contributed by atoms with Crippen LogP contribution < -0.4 is 0 Å². The Morgan fingerprint density at radius 1 is 1.46 bits per heavy atom. The molecule has 0 amide bonds. The first-order valence-corrected chi connectivity index (χ1v) is 4.58. The molecule has 0 aromatic heterocycles. The summed E-state index contributed by atoms with van der Waals surface area (Å²) in [5.74, 6) is 0. The lowest BCUT2D eigenvalue weighted by Gasteiger charge is -1.97. The minimum absolute atomic E-state index is 0.256. The molecule has 0 aliphatic carbocycles. The second kappa shape index (κ2) is 7.53. The van der Waals surface area contributed by atoms with Gasteiger partial charge < -0.3 is 0 Å². The van der Waals surface area contributed by atoms with Gasteiger partial charge in [-0.25, -0.2) is 0 Å². The highest BCUT2D eigenvalue weighted by atomic mass is 16.6. The van der Waals surface area contributed by atoms with Crippen molar-refractivity contribution in [2.45, 2.75) is 38.6 Å². The van der Waals surface area contributed by atoms with Gasteiger partial charge >= 0.3 is 0 Å². The molecule has 13 heavy (non-hydrogen) atoms. The van der Waals surface area contributed by atoms with Crippen molar-refractivity contribution in [1.29, 1.82) is 0 Å². The molecule has 0 aromatic carbocycles. The summed E-state index contributed by atoms with van der Waals surface area (Å²) in [6.07, 6.45) is 9.37. The van der Waals surface area contributed by atoms with Crippen LogP contribution in [0, 0.1) is 10.1 Å². The predicted molar refractivity (Wildman–Crippen MR) is 54.3 cm³/mol. The lowest BCUT2D eigenvalue weighted by atomic mass is 10.2. The van der Waals surface area contributed by atoms with Crippen molar-refractivity contribution in [1.82, 2.24) is 0 Å². The summed E-state index contributed by atoms with van der Waals surface area (Å²) >= 11 is 0. The number of rotatable bonds is 7. The summed E-state index contributed by atoms with van der Waals surface area (Å²) in [6, 6.07) is -0.462. The Morgan fingerprint density at radius 2 is 2.15 bits per heavy atom. The van der Waals surface area contributed by atoms with Crippen LogP contribution in [0.1, 0.15) is 32.6 Å². The number of nitro groups is 1. The van der Waals surface area contributed by atoms with Crippen molar-refractivity contribution in [3.8, 4) is 0 Å². The normalized spacial score (nSPS) is 13.0. The number of unbranched alkanes of at least 4 members (excludes halogenated alkanes) is 2. The van der Waals surface area contributed by atoms with Crippen LogP contribution >= 0.6 is 0 Å². The highest BCUT2D eigenvalue weighted by molar-refractivity contribution is 4.84. The fraction of sp³-hybridized carbons (Fsp3) is 0.600. The third kappa shape index (κ3) is 7.25. The van der Waals surface area contributed by atoms with Gasteiger partial charge in [0.1, 0.15) is 0 Å². The average Bonchev–Trinajstić information content (AvgIpc) is 2.10. The number of nitrogens with zero attached hydrogens (tertiary/aromatic N) is 1. The topological polar surface area (TPSA) is 43.1 Å². The number of hydrogen-bond acceptors (Lipinski definition) is 2. The average molecular weight is 183 g/mol. The fourth-order valence-electron chi connectivity index (χ4n) is 0.877. The molecule has 0 spiro atoms. The molecule has 0 radical (unpaired) electrons. The minimum atomic E-state index is -0.462. The zero-order valence-electron chi connectivity index (χ0n) is 8.11. The van der Waals surface area contributed by atoms with Crippen molar-refractivity contribution in [2.75, 3.05) is 0 Å². The highest BCUT2D eigenvalue weighted by Gasteiger charge is 2.08. The van der Waals surface area contributed by atoms with E-state index in [-0.39, 0.29) is 4.92 Å². The molecule has 0 fully saturated rings. The van der Waals surface area contributed by atoms with Crippen molar-refractivity contribution in [3.05, 3.63) is 34.9 Å². The van der Waals surface area contributed by atoms with Gasteiger partial charge in [0.05, 0.1) is 0 Å². The molecule has 0 aromatic rings. The van der Waals surface area contributed by atoms with E-state index in [1.807, 2.05) is 18.2 Å². The molecular formula is C10H17NO2. The summed E-state index contributed by atoms with van der Waals surface area (Å²) in [5, 5.41) is 10.2. The van der Waals surface area contributed by atoms with E-state index >= 15 is 0 Å². The van der Waals surface area contributed by atoms with Gasteiger partial charge in [-0.05, 0) is 19.3 Å². The van der Waals surface area contributed by atoms with Crippen LogP contribution in [0.2, 0.25) is 0 Å². The Bertz CT molecular complexity index is 187. The Hall–Kier alpha value is -1.12. The molecule has 0 saturated heterocycles. The number of hydrogen-bond donors (Lipinski definition) is 0. The maximum absolute atomic E-state index is 10.2. The Morgan fingerprint density at radius 3 is 2.69 bits per heavy atom. The minimum Gasteiger partial charge on any atom is -0.264 e.